The van der Waals surface area contributed by atoms with Crippen molar-refractivity contribution in [2.75, 3.05) is 69.8 Å². The minimum Gasteiger partial charge on any atom is -0.369 e. The Morgan fingerprint density at radius 2 is 1.76 bits per heavy atom. The van der Waals surface area contributed by atoms with Crippen molar-refractivity contribution in [1.29, 1.82) is 0 Å². The number of hydrogen-bond acceptors (Lipinski definition) is 4. The predicted molar refractivity (Wildman–Crippen MR) is 112 cm³/mol. The lowest BCUT2D eigenvalue weighted by molar-refractivity contribution is 0.253. The number of piperazine rings is 1. The average Bonchev–Trinajstić information content (AvgIpc) is 2.67. The van der Waals surface area contributed by atoms with E-state index < -0.39 is 0 Å². The van der Waals surface area contributed by atoms with Gasteiger partial charge < -0.3 is 15.5 Å². The van der Waals surface area contributed by atoms with Gasteiger partial charge in [0, 0.05) is 57.8 Å². The highest BCUT2D eigenvalue weighted by atomic mass is 32.2. The predicted octanol–water partition coefficient (Wildman–Crippen LogP) is 2.12. The summed E-state index contributed by atoms with van der Waals surface area (Å²) in [6.45, 7) is 7.75. The van der Waals surface area contributed by atoms with Crippen LogP contribution in [-0.4, -0.2) is 75.7 Å². The average molecular weight is 364 g/mol. The molecular formula is C19H33N5S. The third kappa shape index (κ3) is 7.57. The second-order valence-electron chi connectivity index (χ2n) is 6.29. The van der Waals surface area contributed by atoms with Crippen LogP contribution in [-0.2, 0) is 0 Å². The molecule has 1 saturated heterocycles. The maximum absolute atomic E-state index is 4.25. The standard InChI is InChI=1S/C19H33N5S/c1-20-19(22-11-17-25-2)21-10-6-7-12-23-13-15-24(16-14-23)18-8-4-3-5-9-18/h3-5,8-9H,6-7,10-17H2,1-2H3,(H2,20,21,22). The topological polar surface area (TPSA) is 42.9 Å². The fraction of sp³-hybridized carbons (Fsp3) is 0.632. The first-order valence-corrected chi connectivity index (χ1v) is 10.7. The van der Waals surface area contributed by atoms with Crippen molar-refractivity contribution in [3.63, 3.8) is 0 Å². The van der Waals surface area contributed by atoms with Gasteiger partial charge in [-0.3, -0.25) is 9.89 Å². The number of anilines is 1. The molecule has 0 radical (unpaired) electrons. The second-order valence-corrected chi connectivity index (χ2v) is 7.28. The molecule has 0 aromatic heterocycles. The highest BCUT2D eigenvalue weighted by Gasteiger charge is 2.16. The van der Waals surface area contributed by atoms with Gasteiger partial charge in [0.25, 0.3) is 0 Å². The molecule has 0 bridgehead atoms. The van der Waals surface area contributed by atoms with Gasteiger partial charge in [-0.2, -0.15) is 11.8 Å². The molecule has 0 spiro atoms. The zero-order valence-electron chi connectivity index (χ0n) is 15.7. The summed E-state index contributed by atoms with van der Waals surface area (Å²) in [5.74, 6) is 2.03. The van der Waals surface area contributed by atoms with Crippen molar-refractivity contribution < 1.29 is 0 Å². The van der Waals surface area contributed by atoms with Gasteiger partial charge >= 0.3 is 0 Å². The lowest BCUT2D eigenvalue weighted by atomic mass is 10.2. The first kappa shape index (κ1) is 19.9. The van der Waals surface area contributed by atoms with E-state index in [1.807, 2.05) is 18.8 Å². The largest absolute Gasteiger partial charge is 0.369 e. The summed E-state index contributed by atoms with van der Waals surface area (Å²) in [7, 11) is 1.83. The summed E-state index contributed by atoms with van der Waals surface area (Å²) in [6, 6.07) is 10.8. The van der Waals surface area contributed by atoms with Gasteiger partial charge in [0.1, 0.15) is 0 Å². The summed E-state index contributed by atoms with van der Waals surface area (Å²) in [6.07, 6.45) is 4.54. The number of guanidine groups is 1. The van der Waals surface area contributed by atoms with Crippen LogP contribution in [0.2, 0.25) is 0 Å². The van der Waals surface area contributed by atoms with Crippen LogP contribution in [0.4, 0.5) is 5.69 Å². The Hall–Kier alpha value is -1.40. The molecule has 2 N–H and O–H groups in total. The molecule has 0 aliphatic carbocycles. The molecule has 0 saturated carbocycles. The maximum Gasteiger partial charge on any atom is 0.191 e. The normalized spacial score (nSPS) is 16.1. The lowest BCUT2D eigenvalue weighted by Crippen LogP contribution is -2.46. The van der Waals surface area contributed by atoms with E-state index in [0.29, 0.717) is 0 Å². The lowest BCUT2D eigenvalue weighted by Gasteiger charge is -2.36. The number of para-hydroxylation sites is 1. The highest BCUT2D eigenvalue weighted by molar-refractivity contribution is 7.98. The Kier molecular flexibility index (Phi) is 9.59. The number of rotatable bonds is 9. The molecule has 5 nitrogen and oxygen atoms in total. The molecule has 6 heteroatoms. The zero-order chi connectivity index (χ0) is 17.7. The molecule has 1 aliphatic rings. The number of thioether (sulfide) groups is 1. The van der Waals surface area contributed by atoms with Crippen LogP contribution in [0.15, 0.2) is 35.3 Å². The Balaban J connectivity index is 1.53. The number of aliphatic imine (C=N–C) groups is 1. The molecule has 2 rings (SSSR count). The molecule has 25 heavy (non-hydrogen) atoms. The van der Waals surface area contributed by atoms with Crippen LogP contribution in [0.3, 0.4) is 0 Å². The van der Waals surface area contributed by atoms with Crippen molar-refractivity contribution >= 4 is 23.4 Å². The second kappa shape index (κ2) is 12.0. The van der Waals surface area contributed by atoms with Crippen LogP contribution < -0.4 is 15.5 Å². The van der Waals surface area contributed by atoms with Gasteiger partial charge in [-0.05, 0) is 37.8 Å². The highest BCUT2D eigenvalue weighted by Crippen LogP contribution is 2.15. The Morgan fingerprint density at radius 3 is 2.44 bits per heavy atom. The fourth-order valence-corrected chi connectivity index (χ4v) is 3.33. The van der Waals surface area contributed by atoms with E-state index in [4.69, 9.17) is 0 Å². The Labute approximate surface area is 157 Å². The van der Waals surface area contributed by atoms with Crippen molar-refractivity contribution in [2.45, 2.75) is 12.8 Å². The molecule has 1 aromatic rings. The van der Waals surface area contributed by atoms with Gasteiger partial charge in [-0.25, -0.2) is 0 Å². The van der Waals surface area contributed by atoms with Gasteiger partial charge in [-0.1, -0.05) is 18.2 Å². The molecule has 140 valence electrons. The number of nitrogens with zero attached hydrogens (tertiary/aromatic N) is 3. The molecular weight excluding hydrogens is 330 g/mol. The van der Waals surface area contributed by atoms with E-state index in [1.54, 1.807) is 0 Å². The minimum absolute atomic E-state index is 0.922. The van der Waals surface area contributed by atoms with Crippen molar-refractivity contribution in [1.82, 2.24) is 15.5 Å². The molecule has 0 amide bonds. The summed E-state index contributed by atoms with van der Waals surface area (Å²) in [5, 5.41) is 6.73. The van der Waals surface area contributed by atoms with Crippen molar-refractivity contribution in [3.05, 3.63) is 30.3 Å². The summed E-state index contributed by atoms with van der Waals surface area (Å²) in [5.41, 5.74) is 1.35. The van der Waals surface area contributed by atoms with E-state index >= 15 is 0 Å². The van der Waals surface area contributed by atoms with Crippen LogP contribution in [0.5, 0.6) is 0 Å². The summed E-state index contributed by atoms with van der Waals surface area (Å²) in [4.78, 5) is 9.33. The number of unbranched alkanes of at least 4 members (excludes halogenated alkanes) is 1. The summed E-state index contributed by atoms with van der Waals surface area (Å²) >= 11 is 1.85. The van der Waals surface area contributed by atoms with Gasteiger partial charge in [-0.15, -0.1) is 0 Å². The van der Waals surface area contributed by atoms with Crippen LogP contribution in [0, 0.1) is 0 Å². The quantitative estimate of drug-likeness (QED) is 0.400. The number of hydrogen-bond donors (Lipinski definition) is 2. The van der Waals surface area contributed by atoms with Gasteiger partial charge in [0.2, 0.25) is 0 Å². The molecule has 1 fully saturated rings. The third-order valence-electron chi connectivity index (χ3n) is 4.51. The summed E-state index contributed by atoms with van der Waals surface area (Å²) < 4.78 is 0. The van der Waals surface area contributed by atoms with Crippen LogP contribution in [0.25, 0.3) is 0 Å². The van der Waals surface area contributed by atoms with E-state index in [2.05, 4.69) is 62.0 Å². The minimum atomic E-state index is 0.922. The molecule has 1 heterocycles. The van der Waals surface area contributed by atoms with Crippen molar-refractivity contribution in [2.24, 2.45) is 4.99 Å². The van der Waals surface area contributed by atoms with Crippen LogP contribution >= 0.6 is 11.8 Å². The first-order chi connectivity index (χ1) is 12.3. The van der Waals surface area contributed by atoms with Gasteiger partial charge in [0.15, 0.2) is 5.96 Å². The van der Waals surface area contributed by atoms with E-state index in [0.717, 1.165) is 37.9 Å². The zero-order valence-corrected chi connectivity index (χ0v) is 16.5. The van der Waals surface area contributed by atoms with E-state index in [1.165, 1.54) is 38.2 Å². The first-order valence-electron chi connectivity index (χ1n) is 9.29. The Bertz CT molecular complexity index is 486. The molecule has 1 aliphatic heterocycles. The van der Waals surface area contributed by atoms with Gasteiger partial charge in [0.05, 0.1) is 0 Å². The fourth-order valence-electron chi connectivity index (χ4n) is 3.03. The number of nitrogens with one attached hydrogen (secondary N) is 2. The Morgan fingerprint density at radius 1 is 1.04 bits per heavy atom. The smallest absolute Gasteiger partial charge is 0.191 e. The molecule has 0 unspecified atom stereocenters. The van der Waals surface area contributed by atoms with E-state index in [9.17, 15) is 0 Å². The van der Waals surface area contributed by atoms with Crippen molar-refractivity contribution in [3.8, 4) is 0 Å². The SMILES string of the molecule is CN=C(NCCCCN1CCN(c2ccccc2)CC1)NCCSC. The van der Waals surface area contributed by atoms with Crippen LogP contribution in [0.1, 0.15) is 12.8 Å². The molecule has 0 atom stereocenters. The third-order valence-corrected chi connectivity index (χ3v) is 5.12. The molecule has 1 aromatic carbocycles. The maximum atomic E-state index is 4.25. The monoisotopic (exact) mass is 363 g/mol. The number of benzene rings is 1. The van der Waals surface area contributed by atoms with E-state index in [-0.39, 0.29) is 0 Å².